The van der Waals surface area contributed by atoms with Crippen molar-refractivity contribution in [1.82, 2.24) is 0 Å². The Bertz CT molecular complexity index is 107. The molecule has 0 nitrogen and oxygen atoms in total. The molecule has 0 aliphatic carbocycles. The molecule has 0 aliphatic rings. The van der Waals surface area contributed by atoms with Crippen LogP contribution >= 0.6 is 0 Å². The first-order chi connectivity index (χ1) is 3.92. The third-order valence-corrected chi connectivity index (χ3v) is 2.17. The summed E-state index contributed by atoms with van der Waals surface area (Å²) in [6.07, 6.45) is 1.98. The average molecular weight is 146 g/mol. The molecule has 0 aromatic rings. The van der Waals surface area contributed by atoms with Gasteiger partial charge >= 0.3 is 0 Å². The van der Waals surface area contributed by atoms with Gasteiger partial charge in [0.05, 0.1) is 0 Å². The molecular formula is C7H15FSi. The molecule has 54 valence electrons. The highest BCUT2D eigenvalue weighted by Gasteiger charge is 2.17. The standard InChI is InChI=1S/C7H15FSi/c1-7(2)5-6-9(3,4)8/h5H,6H2,1-4H3. The quantitative estimate of drug-likeness (QED) is 0.319. The van der Waals surface area contributed by atoms with Crippen LogP contribution in [-0.2, 0) is 0 Å². The van der Waals surface area contributed by atoms with Gasteiger partial charge < -0.3 is 4.11 Å². The second-order valence-corrected chi connectivity index (χ2v) is 7.05. The van der Waals surface area contributed by atoms with Crippen LogP contribution in [-0.4, -0.2) is 8.41 Å². The van der Waals surface area contributed by atoms with Crippen LogP contribution in [0.5, 0.6) is 0 Å². The van der Waals surface area contributed by atoms with Crippen molar-refractivity contribution in [2.45, 2.75) is 33.0 Å². The molecule has 0 rings (SSSR count). The Morgan fingerprint density at radius 2 is 1.89 bits per heavy atom. The van der Waals surface area contributed by atoms with Crippen LogP contribution in [0.2, 0.25) is 19.1 Å². The molecule has 0 fully saturated rings. The SMILES string of the molecule is CC(C)=CC[Si](C)(C)F. The maximum Gasteiger partial charge on any atom is 0.244 e. The van der Waals surface area contributed by atoms with E-state index in [0.717, 1.165) is 0 Å². The summed E-state index contributed by atoms with van der Waals surface area (Å²) in [4.78, 5) is 0. The first-order valence-electron chi connectivity index (χ1n) is 3.24. The van der Waals surface area contributed by atoms with E-state index in [1.165, 1.54) is 5.57 Å². The van der Waals surface area contributed by atoms with Gasteiger partial charge in [-0.25, -0.2) is 0 Å². The fraction of sp³-hybridized carbons (Fsp3) is 0.714. The molecule has 0 saturated heterocycles. The molecule has 0 radical (unpaired) electrons. The third-order valence-electron chi connectivity index (χ3n) is 0.996. The topological polar surface area (TPSA) is 0 Å². The maximum absolute atomic E-state index is 12.8. The number of rotatable bonds is 2. The molecule has 0 bridgehead atoms. The van der Waals surface area contributed by atoms with E-state index in [1.807, 2.05) is 19.9 Å². The Hall–Kier alpha value is -0.113. The highest BCUT2D eigenvalue weighted by molar-refractivity contribution is 6.70. The van der Waals surface area contributed by atoms with Gasteiger partial charge in [0.15, 0.2) is 0 Å². The van der Waals surface area contributed by atoms with Crippen LogP contribution in [0, 0.1) is 0 Å². The molecule has 0 atom stereocenters. The number of allylic oxidation sites excluding steroid dienone is 2. The van der Waals surface area contributed by atoms with E-state index in [2.05, 4.69) is 0 Å². The predicted molar refractivity (Wildman–Crippen MR) is 42.8 cm³/mol. The van der Waals surface area contributed by atoms with Crippen molar-refractivity contribution in [3.8, 4) is 0 Å². The Balaban J connectivity index is 3.64. The van der Waals surface area contributed by atoms with Gasteiger partial charge in [-0.3, -0.25) is 0 Å². The lowest BCUT2D eigenvalue weighted by Crippen LogP contribution is -2.15. The zero-order chi connectivity index (χ0) is 7.49. The van der Waals surface area contributed by atoms with Gasteiger partial charge in [0, 0.05) is 0 Å². The van der Waals surface area contributed by atoms with E-state index in [1.54, 1.807) is 13.1 Å². The van der Waals surface area contributed by atoms with Crippen LogP contribution in [0.25, 0.3) is 0 Å². The molecule has 0 aliphatic heterocycles. The first kappa shape index (κ1) is 8.89. The van der Waals surface area contributed by atoms with Crippen LogP contribution in [0.1, 0.15) is 13.8 Å². The lowest BCUT2D eigenvalue weighted by molar-refractivity contribution is 0.799. The van der Waals surface area contributed by atoms with Crippen LogP contribution in [0.15, 0.2) is 11.6 Å². The van der Waals surface area contributed by atoms with E-state index >= 15 is 0 Å². The van der Waals surface area contributed by atoms with Crippen molar-refractivity contribution in [1.29, 1.82) is 0 Å². The van der Waals surface area contributed by atoms with Crippen LogP contribution in [0.4, 0.5) is 4.11 Å². The molecule has 0 heterocycles. The number of hydrogen-bond donors (Lipinski definition) is 0. The zero-order valence-corrected chi connectivity index (χ0v) is 7.66. The minimum Gasteiger partial charge on any atom is -0.314 e. The van der Waals surface area contributed by atoms with Crippen molar-refractivity contribution in [3.05, 3.63) is 11.6 Å². The smallest absolute Gasteiger partial charge is 0.244 e. The van der Waals surface area contributed by atoms with Crippen molar-refractivity contribution in [2.24, 2.45) is 0 Å². The molecule has 0 spiro atoms. The predicted octanol–water partition coefficient (Wildman–Crippen LogP) is 3.13. The third kappa shape index (κ3) is 7.89. The van der Waals surface area contributed by atoms with Crippen molar-refractivity contribution < 1.29 is 4.11 Å². The summed E-state index contributed by atoms with van der Waals surface area (Å²) in [5.41, 5.74) is 1.22. The molecule has 0 aromatic carbocycles. The zero-order valence-electron chi connectivity index (χ0n) is 6.66. The molecule has 0 saturated carbocycles. The highest BCUT2D eigenvalue weighted by atomic mass is 28.4. The Morgan fingerprint density at radius 3 is 2.00 bits per heavy atom. The molecule has 9 heavy (non-hydrogen) atoms. The average Bonchev–Trinajstić information content (AvgIpc) is 1.59. The van der Waals surface area contributed by atoms with Crippen molar-refractivity contribution in [2.75, 3.05) is 0 Å². The Kier molecular flexibility index (Phi) is 3.12. The van der Waals surface area contributed by atoms with Gasteiger partial charge in [-0.2, -0.15) is 0 Å². The summed E-state index contributed by atoms with van der Waals surface area (Å²) in [7, 11) is -2.30. The van der Waals surface area contributed by atoms with Crippen molar-refractivity contribution >= 4 is 8.41 Å². The van der Waals surface area contributed by atoms with E-state index in [4.69, 9.17) is 0 Å². The maximum atomic E-state index is 12.8. The minimum absolute atomic E-state index is 0.662. The van der Waals surface area contributed by atoms with Gasteiger partial charge in [0.2, 0.25) is 8.41 Å². The normalized spacial score (nSPS) is 11.2. The Labute approximate surface area is 58.0 Å². The van der Waals surface area contributed by atoms with E-state index in [0.29, 0.717) is 6.04 Å². The van der Waals surface area contributed by atoms with Crippen LogP contribution in [0.3, 0.4) is 0 Å². The second kappa shape index (κ2) is 3.16. The molecule has 0 aromatic heterocycles. The summed E-state index contributed by atoms with van der Waals surface area (Å²) >= 11 is 0. The fourth-order valence-corrected chi connectivity index (χ4v) is 1.34. The summed E-state index contributed by atoms with van der Waals surface area (Å²) in [5, 5.41) is 0. The van der Waals surface area contributed by atoms with E-state index in [9.17, 15) is 4.11 Å². The molecular weight excluding hydrogens is 131 g/mol. The van der Waals surface area contributed by atoms with E-state index < -0.39 is 8.41 Å². The number of hydrogen-bond acceptors (Lipinski definition) is 0. The van der Waals surface area contributed by atoms with Gasteiger partial charge in [-0.1, -0.05) is 11.6 Å². The minimum atomic E-state index is -2.30. The number of halogens is 1. The van der Waals surface area contributed by atoms with Crippen molar-refractivity contribution in [3.63, 3.8) is 0 Å². The van der Waals surface area contributed by atoms with Gasteiger partial charge in [0.25, 0.3) is 0 Å². The summed E-state index contributed by atoms with van der Waals surface area (Å²) in [5.74, 6) is 0. The molecule has 0 unspecified atom stereocenters. The van der Waals surface area contributed by atoms with Gasteiger partial charge in [0.1, 0.15) is 0 Å². The second-order valence-electron chi connectivity index (χ2n) is 3.20. The molecule has 2 heteroatoms. The largest absolute Gasteiger partial charge is 0.314 e. The van der Waals surface area contributed by atoms with Gasteiger partial charge in [-0.05, 0) is 33.0 Å². The Morgan fingerprint density at radius 1 is 1.44 bits per heavy atom. The van der Waals surface area contributed by atoms with Crippen LogP contribution < -0.4 is 0 Å². The lowest BCUT2D eigenvalue weighted by atomic mass is 10.3. The summed E-state index contributed by atoms with van der Waals surface area (Å²) in [6.45, 7) is 7.46. The lowest BCUT2D eigenvalue weighted by Gasteiger charge is -2.06. The van der Waals surface area contributed by atoms with E-state index in [-0.39, 0.29) is 0 Å². The fourth-order valence-electron chi connectivity index (χ4n) is 0.447. The summed E-state index contributed by atoms with van der Waals surface area (Å²) in [6, 6.07) is 0.662. The van der Waals surface area contributed by atoms with Gasteiger partial charge in [-0.15, -0.1) is 0 Å². The summed E-state index contributed by atoms with van der Waals surface area (Å²) < 4.78 is 12.8. The highest BCUT2D eigenvalue weighted by Crippen LogP contribution is 2.11. The molecule has 0 amide bonds. The first-order valence-corrected chi connectivity index (χ1v) is 6.32. The molecule has 0 N–H and O–H groups in total. The monoisotopic (exact) mass is 146 g/mol.